The molecule has 1 aliphatic heterocycles. The zero-order chi connectivity index (χ0) is 15.5. The van der Waals surface area contributed by atoms with Crippen LogP contribution in [0.1, 0.15) is 39.7 Å². The Bertz CT molecular complexity index is 493. The molecule has 1 heterocycles. The molecule has 4 nitrogen and oxygen atoms in total. The van der Waals surface area contributed by atoms with Crippen molar-refractivity contribution in [2.45, 2.75) is 52.2 Å². The Morgan fingerprint density at radius 2 is 2.10 bits per heavy atom. The highest BCUT2D eigenvalue weighted by Gasteiger charge is 2.31. The summed E-state index contributed by atoms with van der Waals surface area (Å²) >= 11 is 0. The minimum absolute atomic E-state index is 0.0368. The van der Waals surface area contributed by atoms with E-state index in [9.17, 15) is 4.79 Å². The summed E-state index contributed by atoms with van der Waals surface area (Å²) in [5.74, 6) is 0.925. The lowest BCUT2D eigenvalue weighted by Crippen LogP contribution is -2.48. The van der Waals surface area contributed by atoms with Crippen molar-refractivity contribution in [2.24, 2.45) is 0 Å². The molecule has 0 radical (unpaired) electrons. The minimum Gasteiger partial charge on any atom is -0.491 e. The smallest absolute Gasteiger partial charge is 0.410 e. The van der Waals surface area contributed by atoms with Crippen LogP contribution in [0.5, 0.6) is 5.75 Å². The zero-order valence-electron chi connectivity index (χ0n) is 13.4. The van der Waals surface area contributed by atoms with Crippen molar-refractivity contribution in [1.29, 1.82) is 0 Å². The van der Waals surface area contributed by atoms with Crippen LogP contribution in [0.3, 0.4) is 0 Å². The number of hydrogen-bond donors (Lipinski definition) is 0. The second-order valence-electron chi connectivity index (χ2n) is 6.45. The van der Waals surface area contributed by atoms with E-state index < -0.39 is 5.60 Å². The molecule has 4 heteroatoms. The summed E-state index contributed by atoms with van der Waals surface area (Å²) in [4.78, 5) is 14.2. The Kier molecular flexibility index (Phi) is 4.76. The largest absolute Gasteiger partial charge is 0.491 e. The van der Waals surface area contributed by atoms with E-state index in [-0.39, 0.29) is 12.1 Å². The van der Waals surface area contributed by atoms with Gasteiger partial charge in [-0.1, -0.05) is 25.1 Å². The fourth-order valence-corrected chi connectivity index (χ4v) is 2.50. The van der Waals surface area contributed by atoms with Gasteiger partial charge in [0.15, 0.2) is 0 Å². The molecule has 1 unspecified atom stereocenters. The van der Waals surface area contributed by atoms with Crippen LogP contribution in [-0.4, -0.2) is 35.8 Å². The van der Waals surface area contributed by atoms with Gasteiger partial charge in [-0.2, -0.15) is 0 Å². The van der Waals surface area contributed by atoms with E-state index in [1.54, 1.807) is 4.90 Å². The Morgan fingerprint density at radius 1 is 1.38 bits per heavy atom. The molecular formula is C17H25NO3. The first kappa shape index (κ1) is 15.7. The number of hydrogen-bond acceptors (Lipinski definition) is 3. The van der Waals surface area contributed by atoms with Crippen molar-refractivity contribution in [1.82, 2.24) is 4.90 Å². The van der Waals surface area contributed by atoms with Gasteiger partial charge in [0, 0.05) is 6.54 Å². The third kappa shape index (κ3) is 4.13. The van der Waals surface area contributed by atoms with E-state index in [0.29, 0.717) is 13.2 Å². The predicted octanol–water partition coefficient (Wildman–Crippen LogP) is 3.64. The Labute approximate surface area is 127 Å². The first-order valence-electron chi connectivity index (χ1n) is 7.61. The maximum Gasteiger partial charge on any atom is 0.410 e. The van der Waals surface area contributed by atoms with E-state index in [2.05, 4.69) is 13.0 Å². The van der Waals surface area contributed by atoms with E-state index in [1.165, 1.54) is 0 Å². The lowest BCUT2D eigenvalue weighted by atomic mass is 10.0. The third-order valence-corrected chi connectivity index (χ3v) is 3.39. The number of nitrogens with zero attached hydrogens (tertiary/aromatic N) is 1. The van der Waals surface area contributed by atoms with Crippen LogP contribution >= 0.6 is 0 Å². The molecule has 2 rings (SSSR count). The summed E-state index contributed by atoms with van der Waals surface area (Å²) in [5, 5.41) is 0. The van der Waals surface area contributed by atoms with Crippen molar-refractivity contribution < 1.29 is 14.3 Å². The number of ether oxygens (including phenoxy) is 2. The van der Waals surface area contributed by atoms with Crippen LogP contribution in [0, 0.1) is 0 Å². The van der Waals surface area contributed by atoms with Crippen molar-refractivity contribution >= 4 is 6.09 Å². The van der Waals surface area contributed by atoms with Crippen molar-refractivity contribution in [3.8, 4) is 5.75 Å². The van der Waals surface area contributed by atoms with Gasteiger partial charge in [-0.05, 0) is 45.2 Å². The van der Waals surface area contributed by atoms with E-state index in [0.717, 1.165) is 24.2 Å². The molecule has 1 atom stereocenters. The molecular weight excluding hydrogens is 266 g/mol. The number of carbonyl (C=O) groups excluding carboxylic acids is 1. The zero-order valence-corrected chi connectivity index (χ0v) is 13.4. The third-order valence-electron chi connectivity index (χ3n) is 3.39. The van der Waals surface area contributed by atoms with Crippen LogP contribution in [0.4, 0.5) is 4.79 Å². The second-order valence-corrected chi connectivity index (χ2v) is 6.45. The molecule has 0 saturated carbocycles. The first-order valence-corrected chi connectivity index (χ1v) is 7.61. The maximum atomic E-state index is 12.4. The lowest BCUT2D eigenvalue weighted by Gasteiger charge is -2.36. The monoisotopic (exact) mass is 291 g/mol. The van der Waals surface area contributed by atoms with Gasteiger partial charge in [0.2, 0.25) is 0 Å². The number of rotatable bonds is 3. The lowest BCUT2D eigenvalue weighted by molar-refractivity contribution is 0.00892. The molecule has 0 saturated heterocycles. The molecule has 1 aromatic carbocycles. The van der Waals surface area contributed by atoms with Gasteiger partial charge in [-0.25, -0.2) is 4.79 Å². The summed E-state index contributed by atoms with van der Waals surface area (Å²) in [6.07, 6.45) is 1.46. The van der Waals surface area contributed by atoms with Crippen molar-refractivity contribution in [2.75, 3.05) is 13.2 Å². The molecule has 1 aliphatic rings. The SMILES string of the molecule is CCCN(C(=O)OC(C)(C)C)C1COc2ccccc2C1. The highest BCUT2D eigenvalue weighted by Crippen LogP contribution is 2.27. The molecule has 0 bridgehead atoms. The van der Waals surface area contributed by atoms with E-state index >= 15 is 0 Å². The number of carbonyl (C=O) groups is 1. The molecule has 1 amide bonds. The average Bonchev–Trinajstić information content (AvgIpc) is 2.42. The van der Waals surface area contributed by atoms with Crippen LogP contribution in [0.2, 0.25) is 0 Å². The number of benzene rings is 1. The molecule has 1 aromatic rings. The predicted molar refractivity (Wildman–Crippen MR) is 82.7 cm³/mol. The summed E-state index contributed by atoms with van der Waals surface area (Å²) in [7, 11) is 0. The molecule has 21 heavy (non-hydrogen) atoms. The normalized spacial score (nSPS) is 17.6. The minimum atomic E-state index is -0.476. The van der Waals surface area contributed by atoms with Gasteiger partial charge < -0.3 is 14.4 Å². The summed E-state index contributed by atoms with van der Waals surface area (Å²) in [5.41, 5.74) is 0.676. The number of fused-ring (bicyclic) bond motifs is 1. The van der Waals surface area contributed by atoms with Crippen molar-refractivity contribution in [3.05, 3.63) is 29.8 Å². The van der Waals surface area contributed by atoms with Crippen molar-refractivity contribution in [3.63, 3.8) is 0 Å². The number of amides is 1. The molecule has 0 fully saturated rings. The Morgan fingerprint density at radius 3 is 2.76 bits per heavy atom. The highest BCUT2D eigenvalue weighted by atomic mass is 16.6. The van der Waals surface area contributed by atoms with Gasteiger partial charge >= 0.3 is 6.09 Å². The molecule has 116 valence electrons. The van der Waals surface area contributed by atoms with E-state index in [1.807, 2.05) is 39.0 Å². The van der Waals surface area contributed by atoms with Crippen LogP contribution < -0.4 is 4.74 Å². The number of para-hydroxylation sites is 1. The van der Waals surface area contributed by atoms with Gasteiger partial charge in [0.1, 0.15) is 18.0 Å². The summed E-state index contributed by atoms with van der Waals surface area (Å²) < 4.78 is 11.3. The van der Waals surface area contributed by atoms with Gasteiger partial charge in [0.25, 0.3) is 0 Å². The van der Waals surface area contributed by atoms with Gasteiger partial charge in [-0.3, -0.25) is 0 Å². The molecule has 0 aliphatic carbocycles. The standard InChI is InChI=1S/C17H25NO3/c1-5-10-18(16(19)21-17(2,3)4)14-11-13-8-6-7-9-15(13)20-12-14/h6-9,14H,5,10-12H2,1-4H3. The van der Waals surface area contributed by atoms with Crippen LogP contribution in [0.25, 0.3) is 0 Å². The Hall–Kier alpha value is -1.71. The maximum absolute atomic E-state index is 12.4. The van der Waals surface area contributed by atoms with Gasteiger partial charge in [-0.15, -0.1) is 0 Å². The average molecular weight is 291 g/mol. The first-order chi connectivity index (χ1) is 9.90. The van der Waals surface area contributed by atoms with Crippen LogP contribution in [-0.2, 0) is 11.2 Å². The second kappa shape index (κ2) is 6.37. The molecule has 0 aromatic heterocycles. The summed E-state index contributed by atoms with van der Waals surface area (Å²) in [6, 6.07) is 8.04. The molecule has 0 N–H and O–H groups in total. The topological polar surface area (TPSA) is 38.8 Å². The van der Waals surface area contributed by atoms with E-state index in [4.69, 9.17) is 9.47 Å². The fraction of sp³-hybridized carbons (Fsp3) is 0.588. The summed E-state index contributed by atoms with van der Waals surface area (Å²) in [6.45, 7) is 8.95. The highest BCUT2D eigenvalue weighted by molar-refractivity contribution is 5.68. The molecule has 0 spiro atoms. The van der Waals surface area contributed by atoms with Gasteiger partial charge in [0.05, 0.1) is 6.04 Å². The van der Waals surface area contributed by atoms with Crippen LogP contribution in [0.15, 0.2) is 24.3 Å². The Balaban J connectivity index is 2.11. The quantitative estimate of drug-likeness (QED) is 0.853. The fourth-order valence-electron chi connectivity index (χ4n) is 2.50.